The first-order chi connectivity index (χ1) is 7.15. The summed E-state index contributed by atoms with van der Waals surface area (Å²) in [6.07, 6.45) is 5.94. The molecule has 0 radical (unpaired) electrons. The van der Waals surface area contributed by atoms with Crippen LogP contribution >= 0.6 is 0 Å². The van der Waals surface area contributed by atoms with Gasteiger partial charge in [-0.2, -0.15) is 0 Å². The van der Waals surface area contributed by atoms with Crippen LogP contribution in [0.3, 0.4) is 0 Å². The molecule has 1 aliphatic rings. The molecule has 0 N–H and O–H groups in total. The van der Waals surface area contributed by atoms with Crippen molar-refractivity contribution in [2.45, 2.75) is 45.6 Å². The summed E-state index contributed by atoms with van der Waals surface area (Å²) in [6, 6.07) is 0. The molecule has 0 aliphatic carbocycles. The molecule has 0 aromatic carbocycles. The van der Waals surface area contributed by atoms with Crippen molar-refractivity contribution >= 4 is 11.8 Å². The lowest BCUT2D eigenvalue weighted by Crippen LogP contribution is -2.29. The van der Waals surface area contributed by atoms with Gasteiger partial charge in [0, 0.05) is 12.8 Å². The fourth-order valence-electron chi connectivity index (χ4n) is 1.76. The molecular weight excluding hydrogens is 192 g/mol. The maximum Gasteiger partial charge on any atom is 0.306 e. The lowest BCUT2D eigenvalue weighted by molar-refractivity contribution is -0.152. The van der Waals surface area contributed by atoms with Gasteiger partial charge in [-0.1, -0.05) is 19.1 Å². The zero-order chi connectivity index (χ0) is 11.3. The summed E-state index contributed by atoms with van der Waals surface area (Å²) in [7, 11) is 0. The van der Waals surface area contributed by atoms with E-state index < -0.39 is 0 Å². The quantitative estimate of drug-likeness (QED) is 0.518. The third-order valence-corrected chi connectivity index (χ3v) is 2.72. The minimum atomic E-state index is -0.298. The van der Waals surface area contributed by atoms with Crippen LogP contribution in [-0.4, -0.2) is 17.9 Å². The smallest absolute Gasteiger partial charge is 0.306 e. The zero-order valence-corrected chi connectivity index (χ0v) is 9.36. The topological polar surface area (TPSA) is 43.4 Å². The molecule has 84 valence electrons. The molecule has 1 rings (SSSR count). The average molecular weight is 210 g/mol. The second-order valence-corrected chi connectivity index (χ2v) is 3.87. The Balaban J connectivity index is 2.73. The summed E-state index contributed by atoms with van der Waals surface area (Å²) in [6.45, 7) is 3.64. The van der Waals surface area contributed by atoms with Gasteiger partial charge in [0.2, 0.25) is 0 Å². The van der Waals surface area contributed by atoms with Gasteiger partial charge >= 0.3 is 5.97 Å². The lowest BCUT2D eigenvalue weighted by Gasteiger charge is -2.20. The van der Waals surface area contributed by atoms with Gasteiger partial charge in [0.05, 0.1) is 5.92 Å². The van der Waals surface area contributed by atoms with Crippen molar-refractivity contribution in [1.29, 1.82) is 0 Å². The Morgan fingerprint density at radius 2 is 2.27 bits per heavy atom. The van der Waals surface area contributed by atoms with Gasteiger partial charge in [0.25, 0.3) is 0 Å². The molecule has 0 saturated heterocycles. The number of Topliss-reactive ketones (excluding diaryl/α,β-unsaturated/α-hetero) is 1. The molecule has 0 bridgehead atoms. The number of esters is 1. The van der Waals surface area contributed by atoms with E-state index in [9.17, 15) is 9.59 Å². The minimum Gasteiger partial charge on any atom is -0.462 e. The van der Waals surface area contributed by atoms with E-state index in [0.29, 0.717) is 25.7 Å². The molecule has 1 aliphatic heterocycles. The number of cyclic esters (lactones) is 1. The van der Waals surface area contributed by atoms with Crippen molar-refractivity contribution in [2.24, 2.45) is 5.92 Å². The Hall–Kier alpha value is -1.12. The fraction of sp³-hybridized carbons (Fsp3) is 0.667. The van der Waals surface area contributed by atoms with E-state index in [-0.39, 0.29) is 23.8 Å². The molecule has 0 saturated carbocycles. The number of carbonyl (C=O) groups is 2. The van der Waals surface area contributed by atoms with Crippen LogP contribution in [0.5, 0.6) is 0 Å². The van der Waals surface area contributed by atoms with E-state index in [2.05, 4.69) is 0 Å². The number of hydrogen-bond donors (Lipinski definition) is 0. The van der Waals surface area contributed by atoms with Crippen LogP contribution in [0.15, 0.2) is 12.2 Å². The van der Waals surface area contributed by atoms with Crippen LogP contribution in [0.1, 0.15) is 39.5 Å². The van der Waals surface area contributed by atoms with Crippen LogP contribution in [0.25, 0.3) is 0 Å². The summed E-state index contributed by atoms with van der Waals surface area (Å²) >= 11 is 0. The van der Waals surface area contributed by atoms with Crippen LogP contribution < -0.4 is 0 Å². The Bertz CT molecular complexity index is 268. The van der Waals surface area contributed by atoms with E-state index in [1.165, 1.54) is 0 Å². The normalized spacial score (nSPS) is 29.6. The second kappa shape index (κ2) is 5.69. The van der Waals surface area contributed by atoms with E-state index in [0.717, 1.165) is 0 Å². The Labute approximate surface area is 90.5 Å². The van der Waals surface area contributed by atoms with Crippen LogP contribution in [-0.2, 0) is 14.3 Å². The highest BCUT2D eigenvalue weighted by molar-refractivity contribution is 5.82. The van der Waals surface area contributed by atoms with Crippen LogP contribution in [0, 0.1) is 5.92 Å². The molecule has 1 heterocycles. The molecule has 0 spiro atoms. The van der Waals surface area contributed by atoms with Crippen molar-refractivity contribution in [2.75, 3.05) is 0 Å². The maximum atomic E-state index is 11.6. The molecule has 0 aromatic rings. The van der Waals surface area contributed by atoms with Crippen molar-refractivity contribution in [1.82, 2.24) is 0 Å². The highest BCUT2D eigenvalue weighted by Crippen LogP contribution is 2.19. The van der Waals surface area contributed by atoms with E-state index in [4.69, 9.17) is 4.74 Å². The van der Waals surface area contributed by atoms with Crippen molar-refractivity contribution in [3.63, 3.8) is 0 Å². The molecule has 0 amide bonds. The number of hydrogen-bond acceptors (Lipinski definition) is 3. The first-order valence-corrected chi connectivity index (χ1v) is 5.52. The van der Waals surface area contributed by atoms with E-state index >= 15 is 0 Å². The SMILES string of the molecule is CCC(=O)[C@@H]1C/C=C/CCC(=O)O[C@@H]1C. The standard InChI is InChI=1S/C12H18O3/c1-3-11(13)10-7-5-4-6-8-12(14)15-9(10)2/h4-5,9-10H,3,6-8H2,1-2H3/b5-4+/t9-,10-/m1/s1. The van der Waals surface area contributed by atoms with Crippen molar-refractivity contribution < 1.29 is 14.3 Å². The number of ketones is 1. The zero-order valence-electron chi connectivity index (χ0n) is 9.36. The summed E-state index contributed by atoms with van der Waals surface area (Å²) in [4.78, 5) is 22.9. The molecular formula is C12H18O3. The third kappa shape index (κ3) is 3.50. The summed E-state index contributed by atoms with van der Waals surface area (Å²) in [5.41, 5.74) is 0. The van der Waals surface area contributed by atoms with Crippen molar-refractivity contribution in [3.8, 4) is 0 Å². The fourth-order valence-corrected chi connectivity index (χ4v) is 1.76. The van der Waals surface area contributed by atoms with Gasteiger partial charge in [-0.3, -0.25) is 9.59 Å². The molecule has 3 nitrogen and oxygen atoms in total. The second-order valence-electron chi connectivity index (χ2n) is 3.87. The first-order valence-electron chi connectivity index (χ1n) is 5.52. The molecule has 2 atom stereocenters. The number of ether oxygens (including phenoxy) is 1. The van der Waals surface area contributed by atoms with Crippen LogP contribution in [0.4, 0.5) is 0 Å². The van der Waals surface area contributed by atoms with E-state index in [1.54, 1.807) is 6.92 Å². The third-order valence-electron chi connectivity index (χ3n) is 2.72. The highest BCUT2D eigenvalue weighted by Gasteiger charge is 2.26. The average Bonchev–Trinajstić information content (AvgIpc) is 2.28. The Morgan fingerprint density at radius 1 is 1.53 bits per heavy atom. The summed E-state index contributed by atoms with van der Waals surface area (Å²) < 4.78 is 5.21. The van der Waals surface area contributed by atoms with Gasteiger partial charge < -0.3 is 4.74 Å². The number of carbonyl (C=O) groups excluding carboxylic acids is 2. The summed E-state index contributed by atoms with van der Waals surface area (Å²) in [5.74, 6) is -0.210. The number of allylic oxidation sites excluding steroid dienone is 2. The van der Waals surface area contributed by atoms with Gasteiger partial charge in [-0.15, -0.1) is 0 Å². The predicted octanol–water partition coefficient (Wildman–Crippen LogP) is 2.25. The van der Waals surface area contributed by atoms with Gasteiger partial charge in [0.15, 0.2) is 0 Å². The highest BCUT2D eigenvalue weighted by atomic mass is 16.5. The minimum absolute atomic E-state index is 0.168. The van der Waals surface area contributed by atoms with Gasteiger partial charge in [0.1, 0.15) is 11.9 Å². The largest absolute Gasteiger partial charge is 0.462 e. The van der Waals surface area contributed by atoms with Gasteiger partial charge in [-0.25, -0.2) is 0 Å². The monoisotopic (exact) mass is 210 g/mol. The molecule has 3 heteroatoms. The molecule has 15 heavy (non-hydrogen) atoms. The first kappa shape index (κ1) is 12.0. The predicted molar refractivity (Wildman–Crippen MR) is 57.3 cm³/mol. The lowest BCUT2D eigenvalue weighted by atomic mass is 9.93. The Kier molecular flexibility index (Phi) is 4.53. The number of rotatable bonds is 2. The van der Waals surface area contributed by atoms with Crippen molar-refractivity contribution in [3.05, 3.63) is 12.2 Å². The molecule has 0 fully saturated rings. The van der Waals surface area contributed by atoms with Gasteiger partial charge in [-0.05, 0) is 19.8 Å². The molecule has 0 aromatic heterocycles. The molecule has 0 unspecified atom stereocenters. The van der Waals surface area contributed by atoms with Crippen LogP contribution in [0.2, 0.25) is 0 Å². The maximum absolute atomic E-state index is 11.6. The van der Waals surface area contributed by atoms with E-state index in [1.807, 2.05) is 19.1 Å². The Morgan fingerprint density at radius 3 is 2.93 bits per heavy atom. The summed E-state index contributed by atoms with van der Waals surface area (Å²) in [5, 5.41) is 0.